The summed E-state index contributed by atoms with van der Waals surface area (Å²) in [5, 5.41) is 2.49. The Hall–Kier alpha value is -0.830. The van der Waals surface area contributed by atoms with Gasteiger partial charge >= 0.3 is 6.18 Å². The minimum Gasteiger partial charge on any atom is -0.319 e. The summed E-state index contributed by atoms with van der Waals surface area (Å²) in [6.07, 6.45) is -3.12. The minimum absolute atomic E-state index is 0.151. The Kier molecular flexibility index (Phi) is 5.60. The minimum atomic E-state index is -4.70. The van der Waals surface area contributed by atoms with E-state index in [1.165, 1.54) is 4.31 Å². The van der Waals surface area contributed by atoms with Gasteiger partial charge < -0.3 is 5.32 Å². The van der Waals surface area contributed by atoms with Crippen molar-refractivity contribution in [3.8, 4) is 0 Å². The summed E-state index contributed by atoms with van der Waals surface area (Å²) in [6, 6.07) is 2.71. The molecule has 2 rings (SSSR count). The molecule has 9 heteroatoms. The zero-order valence-electron chi connectivity index (χ0n) is 12.5. The molecule has 1 fully saturated rings. The predicted octanol–water partition coefficient (Wildman–Crippen LogP) is 2.98. The molecule has 1 heterocycles. The van der Waals surface area contributed by atoms with Crippen molar-refractivity contribution >= 4 is 21.6 Å². The van der Waals surface area contributed by atoms with E-state index in [1.54, 1.807) is 7.05 Å². The van der Waals surface area contributed by atoms with Crippen molar-refractivity contribution < 1.29 is 21.6 Å². The average molecular weight is 371 g/mol. The van der Waals surface area contributed by atoms with Crippen LogP contribution < -0.4 is 5.32 Å². The number of halogens is 4. The van der Waals surface area contributed by atoms with Crippen LogP contribution in [0, 0.1) is 5.92 Å². The van der Waals surface area contributed by atoms with Gasteiger partial charge in [0.25, 0.3) is 0 Å². The third-order valence-electron chi connectivity index (χ3n) is 3.86. The van der Waals surface area contributed by atoms with Crippen LogP contribution in [0.15, 0.2) is 23.1 Å². The number of benzene rings is 1. The number of sulfonamides is 1. The van der Waals surface area contributed by atoms with Crippen molar-refractivity contribution in [3.63, 3.8) is 0 Å². The van der Waals surface area contributed by atoms with Crippen molar-refractivity contribution in [1.82, 2.24) is 9.62 Å². The number of alkyl halides is 3. The van der Waals surface area contributed by atoms with Crippen molar-refractivity contribution in [3.05, 3.63) is 28.8 Å². The van der Waals surface area contributed by atoms with Crippen LogP contribution in [0.5, 0.6) is 0 Å². The van der Waals surface area contributed by atoms with E-state index in [1.807, 2.05) is 0 Å². The van der Waals surface area contributed by atoms with Crippen molar-refractivity contribution in [2.45, 2.75) is 23.9 Å². The molecule has 130 valence electrons. The Balaban J connectivity index is 2.33. The Morgan fingerprint density at radius 3 is 2.70 bits per heavy atom. The molecule has 1 atom stereocenters. The molecule has 0 unspecified atom stereocenters. The highest BCUT2D eigenvalue weighted by molar-refractivity contribution is 7.89. The monoisotopic (exact) mass is 370 g/mol. The molecular weight excluding hydrogens is 353 g/mol. The summed E-state index contributed by atoms with van der Waals surface area (Å²) in [5.41, 5.74) is -1.14. The lowest BCUT2D eigenvalue weighted by Gasteiger charge is -2.32. The van der Waals surface area contributed by atoms with Gasteiger partial charge in [-0.05, 0) is 50.6 Å². The first-order valence-corrected chi connectivity index (χ1v) is 8.99. The molecule has 1 aliphatic rings. The van der Waals surface area contributed by atoms with Gasteiger partial charge in [-0.2, -0.15) is 17.5 Å². The van der Waals surface area contributed by atoms with Gasteiger partial charge in [0.05, 0.1) is 15.5 Å². The fourth-order valence-corrected chi connectivity index (χ4v) is 4.54. The Labute approximate surface area is 138 Å². The normalized spacial score (nSPS) is 20.7. The number of hydrogen-bond acceptors (Lipinski definition) is 3. The van der Waals surface area contributed by atoms with Crippen LogP contribution in [0.1, 0.15) is 18.4 Å². The van der Waals surface area contributed by atoms with E-state index in [0.717, 1.165) is 18.6 Å². The Bertz CT molecular complexity index is 662. The molecule has 1 aromatic carbocycles. The van der Waals surface area contributed by atoms with E-state index in [0.29, 0.717) is 32.1 Å². The largest absolute Gasteiger partial charge is 0.417 e. The van der Waals surface area contributed by atoms with E-state index in [-0.39, 0.29) is 10.8 Å². The highest BCUT2D eigenvalue weighted by Gasteiger charge is 2.36. The molecule has 0 aliphatic carbocycles. The van der Waals surface area contributed by atoms with Gasteiger partial charge in [0.2, 0.25) is 10.0 Å². The molecule has 1 aromatic rings. The lowest BCUT2D eigenvalue weighted by Crippen LogP contribution is -2.42. The molecule has 4 nitrogen and oxygen atoms in total. The van der Waals surface area contributed by atoms with Crippen molar-refractivity contribution in [2.75, 3.05) is 26.7 Å². The zero-order valence-corrected chi connectivity index (χ0v) is 14.1. The molecular formula is C14H18ClF3N2O2S. The summed E-state index contributed by atoms with van der Waals surface area (Å²) in [6.45, 7) is 1.28. The van der Waals surface area contributed by atoms with Crippen LogP contribution in [0.2, 0.25) is 5.02 Å². The van der Waals surface area contributed by atoms with E-state index in [9.17, 15) is 21.6 Å². The molecule has 0 aromatic heterocycles. The first-order valence-electron chi connectivity index (χ1n) is 7.17. The molecule has 0 bridgehead atoms. The van der Waals surface area contributed by atoms with E-state index >= 15 is 0 Å². The fourth-order valence-electron chi connectivity index (χ4n) is 2.73. The standard InChI is InChI=1S/C14H18ClF3N2O2S/c1-19-8-10-3-2-6-20(9-10)23(21,22)11-4-5-13(15)12(7-11)14(16,17)18/h4-5,7,10,19H,2-3,6,8-9H2,1H3/t10-/m1/s1. The maximum atomic E-state index is 12.9. The molecule has 0 spiro atoms. The SMILES string of the molecule is CNC[C@H]1CCCN(S(=O)(=O)c2ccc(Cl)c(C(F)(F)F)c2)C1. The summed E-state index contributed by atoms with van der Waals surface area (Å²) >= 11 is 5.54. The molecule has 0 saturated carbocycles. The summed E-state index contributed by atoms with van der Waals surface area (Å²) in [7, 11) is -2.19. The van der Waals surface area contributed by atoms with Gasteiger partial charge in [-0.3, -0.25) is 0 Å². The van der Waals surface area contributed by atoms with E-state index < -0.39 is 26.8 Å². The van der Waals surface area contributed by atoms with Gasteiger partial charge in [-0.1, -0.05) is 11.6 Å². The van der Waals surface area contributed by atoms with Gasteiger partial charge in [0.15, 0.2) is 0 Å². The third kappa shape index (κ3) is 4.17. The van der Waals surface area contributed by atoms with Crippen LogP contribution in [-0.2, 0) is 16.2 Å². The van der Waals surface area contributed by atoms with Crippen LogP contribution >= 0.6 is 11.6 Å². The molecule has 23 heavy (non-hydrogen) atoms. The van der Waals surface area contributed by atoms with Gasteiger partial charge in [-0.25, -0.2) is 8.42 Å². The third-order valence-corrected chi connectivity index (χ3v) is 6.05. The number of rotatable bonds is 4. The zero-order chi connectivity index (χ0) is 17.3. The van der Waals surface area contributed by atoms with Crippen LogP contribution in [0.3, 0.4) is 0 Å². The maximum Gasteiger partial charge on any atom is 0.417 e. The van der Waals surface area contributed by atoms with Gasteiger partial charge in [-0.15, -0.1) is 0 Å². The number of nitrogens with zero attached hydrogens (tertiary/aromatic N) is 1. The van der Waals surface area contributed by atoms with Gasteiger partial charge in [0.1, 0.15) is 0 Å². The van der Waals surface area contributed by atoms with Crippen molar-refractivity contribution in [2.24, 2.45) is 5.92 Å². The van der Waals surface area contributed by atoms with Crippen LogP contribution in [0.4, 0.5) is 13.2 Å². The second-order valence-electron chi connectivity index (χ2n) is 5.57. The quantitative estimate of drug-likeness (QED) is 0.886. The first kappa shape index (κ1) is 18.5. The lowest BCUT2D eigenvalue weighted by molar-refractivity contribution is -0.137. The number of nitrogens with one attached hydrogen (secondary N) is 1. The smallest absolute Gasteiger partial charge is 0.319 e. The number of piperidine rings is 1. The summed E-state index contributed by atoms with van der Waals surface area (Å²) in [4.78, 5) is -0.376. The maximum absolute atomic E-state index is 12.9. The Morgan fingerprint density at radius 2 is 2.09 bits per heavy atom. The second-order valence-corrected chi connectivity index (χ2v) is 7.91. The Morgan fingerprint density at radius 1 is 1.39 bits per heavy atom. The fraction of sp³-hybridized carbons (Fsp3) is 0.571. The average Bonchev–Trinajstić information content (AvgIpc) is 2.47. The van der Waals surface area contributed by atoms with E-state index in [2.05, 4.69) is 5.32 Å². The van der Waals surface area contributed by atoms with E-state index in [4.69, 9.17) is 11.6 Å². The molecule has 0 radical (unpaired) electrons. The lowest BCUT2D eigenvalue weighted by atomic mass is 10.00. The summed E-state index contributed by atoms with van der Waals surface area (Å²) in [5.74, 6) is 0.151. The molecule has 1 saturated heterocycles. The predicted molar refractivity (Wildman–Crippen MR) is 81.9 cm³/mol. The molecule has 1 aliphatic heterocycles. The van der Waals surface area contributed by atoms with Crippen molar-refractivity contribution in [1.29, 1.82) is 0 Å². The highest BCUT2D eigenvalue weighted by atomic mass is 35.5. The topological polar surface area (TPSA) is 49.4 Å². The molecule has 0 amide bonds. The van der Waals surface area contributed by atoms with Crippen LogP contribution in [0.25, 0.3) is 0 Å². The van der Waals surface area contributed by atoms with Crippen LogP contribution in [-0.4, -0.2) is 39.4 Å². The first-order chi connectivity index (χ1) is 10.7. The second kappa shape index (κ2) is 6.96. The van der Waals surface area contributed by atoms with Gasteiger partial charge in [0, 0.05) is 13.1 Å². The highest BCUT2D eigenvalue weighted by Crippen LogP contribution is 2.36. The summed E-state index contributed by atoms with van der Waals surface area (Å²) < 4.78 is 65.3. The molecule has 1 N–H and O–H groups in total. The number of hydrogen-bond donors (Lipinski definition) is 1.